The third-order valence-corrected chi connectivity index (χ3v) is 13.9. The predicted molar refractivity (Wildman–Crippen MR) is 295 cm³/mol. The standard InChI is InChI=1S/C66H34N8/c1-70-53-23-15-45(16-24-53)49-19-27-61-57(34-49)58-35-50(46-17-25-54(71-2)26-18-46)20-28-62(58)73(61)65-37-56(51-5-4-6-55(31-51)72-3)66(36-52(65)40-69)74-63-29-21-47(43-11-7-41(38-67)8-12-43)32-59(63)60-33-48(22-30-64(60)74)44-13-9-42(39-68)10-14-44/h4-37H. The quantitative estimate of drug-likeness (QED) is 0.149. The van der Waals surface area contributed by atoms with Crippen LogP contribution >= 0.6 is 0 Å². The van der Waals surface area contributed by atoms with Crippen molar-refractivity contribution in [2.24, 2.45) is 0 Å². The van der Waals surface area contributed by atoms with E-state index < -0.39 is 0 Å². The minimum Gasteiger partial charge on any atom is -0.309 e. The Hall–Kier alpha value is -11.3. The van der Waals surface area contributed by atoms with E-state index in [-0.39, 0.29) is 0 Å². The van der Waals surface area contributed by atoms with Gasteiger partial charge in [0.2, 0.25) is 0 Å². The summed E-state index contributed by atoms with van der Waals surface area (Å²) in [5.74, 6) is 0. The fourth-order valence-corrected chi connectivity index (χ4v) is 10.2. The van der Waals surface area contributed by atoms with Crippen molar-refractivity contribution in [3.8, 4) is 85.2 Å². The first-order valence-electron chi connectivity index (χ1n) is 23.6. The summed E-state index contributed by atoms with van der Waals surface area (Å²) < 4.78 is 4.37. The third kappa shape index (κ3) is 7.44. The number of nitrogens with zero attached hydrogens (tertiary/aromatic N) is 8. The van der Waals surface area contributed by atoms with Crippen LogP contribution in [0.15, 0.2) is 206 Å². The van der Waals surface area contributed by atoms with Crippen LogP contribution in [0.25, 0.3) is 125 Å². The monoisotopic (exact) mass is 938 g/mol. The maximum absolute atomic E-state index is 11.4. The second kappa shape index (κ2) is 17.9. The number of nitriles is 3. The molecule has 74 heavy (non-hydrogen) atoms. The predicted octanol–water partition coefficient (Wildman–Crippen LogP) is 17.5. The molecule has 0 bridgehead atoms. The van der Waals surface area contributed by atoms with Gasteiger partial charge in [0.15, 0.2) is 17.1 Å². The van der Waals surface area contributed by atoms with Crippen molar-refractivity contribution in [1.82, 2.24) is 9.13 Å². The summed E-state index contributed by atoms with van der Waals surface area (Å²) in [6.45, 7) is 23.1. The molecule has 0 unspecified atom stereocenters. The molecule has 0 amide bonds. The van der Waals surface area contributed by atoms with Crippen LogP contribution in [0.5, 0.6) is 0 Å². The fourth-order valence-electron chi connectivity index (χ4n) is 10.2. The summed E-state index contributed by atoms with van der Waals surface area (Å²) in [5, 5.41) is 34.4. The van der Waals surface area contributed by atoms with Crippen molar-refractivity contribution >= 4 is 60.7 Å². The number of benzene rings is 10. The van der Waals surface area contributed by atoms with Crippen LogP contribution in [0.2, 0.25) is 0 Å². The van der Waals surface area contributed by atoms with Gasteiger partial charge in [-0.15, -0.1) is 0 Å². The average Bonchev–Trinajstić information content (AvgIpc) is 3.99. The Morgan fingerprint density at radius 2 is 0.676 bits per heavy atom. The molecule has 2 heterocycles. The molecule has 12 aromatic rings. The number of fused-ring (bicyclic) bond motifs is 6. The van der Waals surface area contributed by atoms with E-state index in [0.717, 1.165) is 105 Å². The highest BCUT2D eigenvalue weighted by atomic mass is 15.0. The van der Waals surface area contributed by atoms with Gasteiger partial charge in [0.05, 0.1) is 82.0 Å². The van der Waals surface area contributed by atoms with Crippen LogP contribution < -0.4 is 0 Å². The van der Waals surface area contributed by atoms with Crippen molar-refractivity contribution in [3.63, 3.8) is 0 Å². The normalized spacial score (nSPS) is 10.9. The molecule has 8 heteroatoms. The van der Waals surface area contributed by atoms with Crippen LogP contribution in [0.1, 0.15) is 16.7 Å². The molecule has 12 rings (SSSR count). The molecule has 0 spiro atoms. The van der Waals surface area contributed by atoms with E-state index in [0.29, 0.717) is 39.4 Å². The molecule has 8 nitrogen and oxygen atoms in total. The van der Waals surface area contributed by atoms with E-state index in [4.69, 9.17) is 19.7 Å². The van der Waals surface area contributed by atoms with E-state index in [1.807, 2.05) is 121 Å². The van der Waals surface area contributed by atoms with Crippen molar-refractivity contribution in [1.29, 1.82) is 15.8 Å². The SMILES string of the molecule is [C-]#[N+]c1ccc(-c2ccc3c(c2)c2cc(-c4ccc([N+]#[C-])cc4)ccc2n3-c2cc(-c3cccc([N+]#[C-])c3)c(-n3c4ccc(-c5ccc(C#N)cc5)cc4c4cc(-c5ccc(C#N)cc5)ccc43)cc2C#N)cc1. The molecule has 338 valence electrons. The Balaban J connectivity index is 1.13. The van der Waals surface area contributed by atoms with Crippen LogP contribution in [0.4, 0.5) is 17.1 Å². The summed E-state index contributed by atoms with van der Waals surface area (Å²) in [6, 6.07) is 74.4. The van der Waals surface area contributed by atoms with Crippen LogP contribution in [0, 0.1) is 53.7 Å². The maximum Gasteiger partial charge on any atom is 0.187 e. The van der Waals surface area contributed by atoms with E-state index >= 15 is 0 Å². The van der Waals surface area contributed by atoms with Gasteiger partial charge in [-0.25, -0.2) is 14.5 Å². The highest BCUT2D eigenvalue weighted by Crippen LogP contribution is 2.44. The van der Waals surface area contributed by atoms with Gasteiger partial charge < -0.3 is 9.13 Å². The molecule has 10 aromatic carbocycles. The summed E-state index contributed by atoms with van der Waals surface area (Å²) in [7, 11) is 0. The lowest BCUT2D eigenvalue weighted by molar-refractivity contribution is 1.14. The molecule has 0 saturated carbocycles. The van der Waals surface area contributed by atoms with Gasteiger partial charge >= 0.3 is 0 Å². The van der Waals surface area contributed by atoms with E-state index in [1.54, 1.807) is 6.07 Å². The van der Waals surface area contributed by atoms with Gasteiger partial charge in [-0.1, -0.05) is 115 Å². The molecule has 0 atom stereocenters. The van der Waals surface area contributed by atoms with Gasteiger partial charge in [0, 0.05) is 27.1 Å². The molecule has 0 saturated heterocycles. The number of hydrogen-bond acceptors (Lipinski definition) is 3. The zero-order valence-electron chi connectivity index (χ0n) is 39.2. The van der Waals surface area contributed by atoms with Crippen LogP contribution in [-0.4, -0.2) is 9.13 Å². The highest BCUT2D eigenvalue weighted by molar-refractivity contribution is 6.14. The topological polar surface area (TPSA) is 94.3 Å². The molecule has 0 radical (unpaired) electrons. The Bertz CT molecular complexity index is 4340. The van der Waals surface area contributed by atoms with E-state index in [1.165, 1.54) is 0 Å². The van der Waals surface area contributed by atoms with Gasteiger partial charge in [-0.3, -0.25) is 0 Å². The lowest BCUT2D eigenvalue weighted by atomic mass is 9.98. The molecule has 2 aromatic heterocycles. The Morgan fingerprint density at radius 1 is 0.311 bits per heavy atom. The second-order valence-electron chi connectivity index (χ2n) is 18.0. The van der Waals surface area contributed by atoms with E-state index in [2.05, 4.69) is 121 Å². The largest absolute Gasteiger partial charge is 0.309 e. The summed E-state index contributed by atoms with van der Waals surface area (Å²) in [6.07, 6.45) is 0. The number of rotatable bonds is 7. The van der Waals surface area contributed by atoms with E-state index in [9.17, 15) is 15.8 Å². The summed E-state index contributed by atoms with van der Waals surface area (Å²) >= 11 is 0. The van der Waals surface area contributed by atoms with Crippen LogP contribution in [0.3, 0.4) is 0 Å². The van der Waals surface area contributed by atoms with Gasteiger partial charge in [0.25, 0.3) is 0 Å². The molecular formula is C66H34N8. The smallest absolute Gasteiger partial charge is 0.187 e. The average molecular weight is 939 g/mol. The molecule has 0 aliphatic heterocycles. The van der Waals surface area contributed by atoms with Crippen molar-refractivity contribution in [3.05, 3.63) is 257 Å². The lowest BCUT2D eigenvalue weighted by Crippen LogP contribution is -2.04. The van der Waals surface area contributed by atoms with Gasteiger partial charge in [-0.05, 0) is 141 Å². The second-order valence-corrected chi connectivity index (χ2v) is 18.0. The molecule has 0 aliphatic carbocycles. The minimum absolute atomic E-state index is 0.430. The number of aromatic nitrogens is 2. The highest BCUT2D eigenvalue weighted by Gasteiger charge is 2.23. The van der Waals surface area contributed by atoms with Gasteiger partial charge in [-0.2, -0.15) is 15.8 Å². The third-order valence-electron chi connectivity index (χ3n) is 13.9. The summed E-state index contributed by atoms with van der Waals surface area (Å²) in [4.78, 5) is 11.0. The Morgan fingerprint density at radius 3 is 1.04 bits per heavy atom. The van der Waals surface area contributed by atoms with Crippen molar-refractivity contribution < 1.29 is 0 Å². The molecule has 0 fully saturated rings. The lowest BCUT2D eigenvalue weighted by Gasteiger charge is -2.19. The van der Waals surface area contributed by atoms with Crippen molar-refractivity contribution in [2.45, 2.75) is 0 Å². The van der Waals surface area contributed by atoms with Gasteiger partial charge in [0.1, 0.15) is 6.07 Å². The molecule has 0 aliphatic rings. The zero-order chi connectivity index (χ0) is 50.5. The Labute approximate surface area is 426 Å². The first-order valence-corrected chi connectivity index (χ1v) is 23.6. The Kier molecular flexibility index (Phi) is 10.7. The van der Waals surface area contributed by atoms with Crippen molar-refractivity contribution in [2.75, 3.05) is 0 Å². The first-order chi connectivity index (χ1) is 36.4. The minimum atomic E-state index is 0.430. The zero-order valence-corrected chi connectivity index (χ0v) is 39.2. The molecular weight excluding hydrogens is 905 g/mol. The van der Waals surface area contributed by atoms with Crippen LogP contribution in [-0.2, 0) is 0 Å². The number of hydrogen-bond donors (Lipinski definition) is 0. The fraction of sp³-hybridized carbons (Fsp3) is 0. The molecule has 0 N–H and O–H groups in total. The summed E-state index contributed by atoms with van der Waals surface area (Å²) in [5.41, 5.74) is 17.5. The maximum atomic E-state index is 11.4. The first kappa shape index (κ1) is 44.0.